The molecule has 2 atom stereocenters. The Bertz CT molecular complexity index is 484. The molecule has 0 saturated heterocycles. The monoisotopic (exact) mass is 361 g/mol. The lowest BCUT2D eigenvalue weighted by molar-refractivity contribution is -0.0498. The summed E-state index contributed by atoms with van der Waals surface area (Å²) >= 11 is 3.48. The largest absolute Gasteiger partial charge is 0.435 e. The Morgan fingerprint density at radius 3 is 2.86 bits per heavy atom. The molecular formula is C15H18BrF2NO2. The maximum atomic E-state index is 12.2. The highest BCUT2D eigenvalue weighted by molar-refractivity contribution is 9.09. The van der Waals surface area contributed by atoms with Crippen molar-refractivity contribution in [1.29, 1.82) is 0 Å². The van der Waals surface area contributed by atoms with Gasteiger partial charge in [-0.25, -0.2) is 0 Å². The van der Waals surface area contributed by atoms with Crippen LogP contribution in [-0.2, 0) is 0 Å². The molecule has 1 aliphatic carbocycles. The number of halogens is 3. The Kier molecular flexibility index (Phi) is 5.96. The number of hydrogen-bond donors (Lipinski definition) is 1. The Morgan fingerprint density at radius 1 is 1.38 bits per heavy atom. The smallest absolute Gasteiger partial charge is 0.387 e. The summed E-state index contributed by atoms with van der Waals surface area (Å²) in [6, 6.07) is 6.01. The number of hydrogen-bond acceptors (Lipinski definition) is 2. The van der Waals surface area contributed by atoms with Gasteiger partial charge < -0.3 is 10.1 Å². The van der Waals surface area contributed by atoms with E-state index in [9.17, 15) is 13.6 Å². The number of rotatable bonds is 5. The van der Waals surface area contributed by atoms with Crippen molar-refractivity contribution in [3.8, 4) is 5.75 Å². The van der Waals surface area contributed by atoms with Crippen LogP contribution in [0.15, 0.2) is 24.3 Å². The van der Waals surface area contributed by atoms with Crippen LogP contribution in [0.2, 0.25) is 0 Å². The van der Waals surface area contributed by atoms with Gasteiger partial charge in [0.15, 0.2) is 0 Å². The second kappa shape index (κ2) is 7.73. The fraction of sp³-hybridized carbons (Fsp3) is 0.533. The topological polar surface area (TPSA) is 38.3 Å². The van der Waals surface area contributed by atoms with Crippen LogP contribution in [0.25, 0.3) is 0 Å². The summed E-state index contributed by atoms with van der Waals surface area (Å²) in [5.41, 5.74) is 0.340. The van der Waals surface area contributed by atoms with E-state index in [2.05, 4.69) is 26.0 Å². The molecule has 0 heterocycles. The van der Waals surface area contributed by atoms with Gasteiger partial charge >= 0.3 is 6.61 Å². The normalized spacial score (nSPS) is 22.1. The van der Waals surface area contributed by atoms with Crippen LogP contribution in [0.3, 0.4) is 0 Å². The molecule has 21 heavy (non-hydrogen) atoms. The summed E-state index contributed by atoms with van der Waals surface area (Å²) < 4.78 is 28.7. The van der Waals surface area contributed by atoms with Crippen molar-refractivity contribution in [3.05, 3.63) is 29.8 Å². The average Bonchev–Trinajstić information content (AvgIpc) is 2.47. The van der Waals surface area contributed by atoms with Gasteiger partial charge in [0.1, 0.15) is 5.75 Å². The molecule has 1 N–H and O–H groups in total. The summed E-state index contributed by atoms with van der Waals surface area (Å²) in [5.74, 6) is 0.175. The van der Waals surface area contributed by atoms with Gasteiger partial charge in [0, 0.05) is 16.9 Å². The summed E-state index contributed by atoms with van der Waals surface area (Å²) in [5, 5.41) is 3.86. The minimum Gasteiger partial charge on any atom is -0.435 e. The molecule has 6 heteroatoms. The van der Waals surface area contributed by atoms with Crippen molar-refractivity contribution in [2.45, 2.75) is 38.3 Å². The molecule has 1 saturated carbocycles. The van der Waals surface area contributed by atoms with E-state index in [0.717, 1.165) is 24.6 Å². The first-order chi connectivity index (χ1) is 10.1. The van der Waals surface area contributed by atoms with Crippen LogP contribution >= 0.6 is 15.9 Å². The van der Waals surface area contributed by atoms with Crippen LogP contribution in [0, 0.1) is 5.92 Å². The maximum absolute atomic E-state index is 12.2. The molecule has 3 nitrogen and oxygen atoms in total. The van der Waals surface area contributed by atoms with E-state index in [4.69, 9.17) is 0 Å². The van der Waals surface area contributed by atoms with Crippen molar-refractivity contribution in [2.24, 2.45) is 5.92 Å². The van der Waals surface area contributed by atoms with Gasteiger partial charge in [0.25, 0.3) is 5.91 Å². The minimum absolute atomic E-state index is 0.00154. The van der Waals surface area contributed by atoms with E-state index in [1.807, 2.05) is 0 Å². The lowest BCUT2D eigenvalue weighted by Gasteiger charge is -2.31. The molecule has 1 aliphatic rings. The zero-order valence-electron chi connectivity index (χ0n) is 11.5. The molecule has 2 unspecified atom stereocenters. The second-order valence-corrected chi connectivity index (χ2v) is 5.83. The van der Waals surface area contributed by atoms with Crippen LogP contribution in [0.4, 0.5) is 8.78 Å². The Morgan fingerprint density at radius 2 is 2.14 bits per heavy atom. The van der Waals surface area contributed by atoms with Gasteiger partial charge in [-0.2, -0.15) is 8.78 Å². The SMILES string of the molecule is O=C(NC1CCCCC1CBr)c1cccc(OC(F)F)c1. The highest BCUT2D eigenvalue weighted by atomic mass is 79.9. The third-order valence-corrected chi connectivity index (χ3v) is 4.58. The third-order valence-electron chi connectivity index (χ3n) is 3.75. The highest BCUT2D eigenvalue weighted by Gasteiger charge is 2.26. The van der Waals surface area contributed by atoms with E-state index in [0.29, 0.717) is 11.5 Å². The predicted molar refractivity (Wildman–Crippen MR) is 80.1 cm³/mol. The Hall–Kier alpha value is -1.17. The molecule has 0 aliphatic heterocycles. The standard InChI is InChI=1S/C15H18BrF2NO2/c16-9-11-4-1-2-7-13(11)19-14(20)10-5-3-6-12(8-10)21-15(17)18/h3,5-6,8,11,13,15H,1-2,4,7,9H2,(H,19,20). The number of carbonyl (C=O) groups excluding carboxylic acids is 1. The zero-order valence-corrected chi connectivity index (χ0v) is 13.1. The van der Waals surface area contributed by atoms with Gasteiger partial charge in [-0.15, -0.1) is 0 Å². The van der Waals surface area contributed by atoms with Crippen LogP contribution in [-0.4, -0.2) is 23.9 Å². The van der Waals surface area contributed by atoms with Crippen molar-refractivity contribution < 1.29 is 18.3 Å². The maximum Gasteiger partial charge on any atom is 0.387 e. The minimum atomic E-state index is -2.89. The van der Waals surface area contributed by atoms with Crippen molar-refractivity contribution in [2.75, 3.05) is 5.33 Å². The summed E-state index contributed by atoms with van der Waals surface area (Å²) in [6.45, 7) is -2.89. The van der Waals surface area contributed by atoms with Crippen LogP contribution in [0.1, 0.15) is 36.0 Å². The summed E-state index contributed by atoms with van der Waals surface area (Å²) in [7, 11) is 0. The number of nitrogens with one attached hydrogen (secondary N) is 1. The first kappa shape index (κ1) is 16.2. The number of alkyl halides is 3. The fourth-order valence-corrected chi connectivity index (χ4v) is 3.42. The van der Waals surface area contributed by atoms with Gasteiger partial charge in [-0.05, 0) is 37.0 Å². The van der Waals surface area contributed by atoms with E-state index in [1.54, 1.807) is 6.07 Å². The van der Waals surface area contributed by atoms with E-state index >= 15 is 0 Å². The molecule has 0 spiro atoms. The number of amides is 1. The molecule has 0 bridgehead atoms. The zero-order chi connectivity index (χ0) is 15.2. The first-order valence-corrected chi connectivity index (χ1v) is 8.14. The number of ether oxygens (including phenoxy) is 1. The molecule has 0 radical (unpaired) electrons. The van der Waals surface area contributed by atoms with Crippen molar-refractivity contribution in [1.82, 2.24) is 5.32 Å². The molecular weight excluding hydrogens is 344 g/mol. The van der Waals surface area contributed by atoms with Crippen molar-refractivity contribution in [3.63, 3.8) is 0 Å². The lowest BCUT2D eigenvalue weighted by atomic mass is 9.86. The molecule has 1 aromatic rings. The molecule has 1 fully saturated rings. The van der Waals surface area contributed by atoms with E-state index < -0.39 is 6.61 Å². The quantitative estimate of drug-likeness (QED) is 0.805. The fourth-order valence-electron chi connectivity index (χ4n) is 2.65. The van der Waals surface area contributed by atoms with E-state index in [-0.39, 0.29) is 17.7 Å². The Balaban J connectivity index is 2.02. The average molecular weight is 362 g/mol. The Labute approximate surface area is 131 Å². The van der Waals surface area contributed by atoms with Gasteiger partial charge in [-0.1, -0.05) is 34.8 Å². The van der Waals surface area contributed by atoms with Crippen LogP contribution < -0.4 is 10.1 Å². The van der Waals surface area contributed by atoms with Crippen LogP contribution in [0.5, 0.6) is 5.75 Å². The number of carbonyl (C=O) groups is 1. The van der Waals surface area contributed by atoms with Gasteiger partial charge in [-0.3, -0.25) is 4.79 Å². The molecule has 0 aromatic heterocycles. The molecule has 116 valence electrons. The summed E-state index contributed by atoms with van der Waals surface area (Å²) in [6.07, 6.45) is 4.32. The highest BCUT2D eigenvalue weighted by Crippen LogP contribution is 2.26. The molecule has 1 aromatic carbocycles. The first-order valence-electron chi connectivity index (χ1n) is 7.02. The van der Waals surface area contributed by atoms with Gasteiger partial charge in [0.2, 0.25) is 0 Å². The lowest BCUT2D eigenvalue weighted by Crippen LogP contribution is -2.42. The molecule has 2 rings (SSSR count). The number of benzene rings is 1. The summed E-state index contributed by atoms with van der Waals surface area (Å²) in [4.78, 5) is 12.2. The predicted octanol–water partition coefficient (Wildman–Crippen LogP) is 3.97. The van der Waals surface area contributed by atoms with Crippen molar-refractivity contribution >= 4 is 21.8 Å². The molecule has 1 amide bonds. The third kappa shape index (κ3) is 4.66. The van der Waals surface area contributed by atoms with E-state index in [1.165, 1.54) is 24.6 Å². The second-order valence-electron chi connectivity index (χ2n) is 5.19. The van der Waals surface area contributed by atoms with Gasteiger partial charge in [0.05, 0.1) is 0 Å².